The number of phosphoric ester groups is 1. The van der Waals surface area contributed by atoms with Gasteiger partial charge >= 0.3 is 11.9 Å². The van der Waals surface area contributed by atoms with Crippen LogP contribution in [0.1, 0.15) is 155 Å². The Morgan fingerprint density at radius 3 is 1.72 bits per heavy atom. The molecule has 58 heavy (non-hydrogen) atoms. The first-order valence-electron chi connectivity index (χ1n) is 22.2. The molecular formula is C46H82NO10P. The molecule has 0 spiro atoms. The number of aliphatic hydroxyl groups excluding tert-OH is 2. The average Bonchev–Trinajstić information content (AvgIpc) is 3.17. The summed E-state index contributed by atoms with van der Waals surface area (Å²) in [5.41, 5.74) is 0. The van der Waals surface area contributed by atoms with Gasteiger partial charge in [-0.3, -0.25) is 14.2 Å². The summed E-state index contributed by atoms with van der Waals surface area (Å²) in [5, 5.41) is 20.5. The minimum absolute atomic E-state index is 0.0702. The van der Waals surface area contributed by atoms with E-state index >= 15 is 0 Å². The van der Waals surface area contributed by atoms with Crippen molar-refractivity contribution in [1.82, 2.24) is 0 Å². The Hall–Kier alpha value is -2.37. The summed E-state index contributed by atoms with van der Waals surface area (Å²) < 4.78 is 33.7. The van der Waals surface area contributed by atoms with Crippen LogP contribution in [0.25, 0.3) is 0 Å². The van der Waals surface area contributed by atoms with Gasteiger partial charge < -0.3 is 38.1 Å². The van der Waals surface area contributed by atoms with Gasteiger partial charge in [-0.25, -0.2) is 0 Å². The zero-order valence-corrected chi connectivity index (χ0v) is 37.8. The zero-order valence-electron chi connectivity index (χ0n) is 36.9. The van der Waals surface area contributed by atoms with Crippen LogP contribution in [0.5, 0.6) is 0 Å². The number of phosphoric acid groups is 1. The topological polar surface area (TPSA) is 152 Å². The highest BCUT2D eigenvalue weighted by molar-refractivity contribution is 7.45. The zero-order chi connectivity index (χ0) is 43.2. The molecule has 0 aromatic carbocycles. The fraction of sp³-hybridized carbons (Fsp3) is 0.739. The first kappa shape index (κ1) is 55.6. The van der Waals surface area contributed by atoms with E-state index in [0.717, 1.165) is 64.2 Å². The van der Waals surface area contributed by atoms with Crippen LogP contribution in [0.4, 0.5) is 0 Å². The Morgan fingerprint density at radius 2 is 1.14 bits per heavy atom. The summed E-state index contributed by atoms with van der Waals surface area (Å²) in [6.07, 6.45) is 37.0. The van der Waals surface area contributed by atoms with Gasteiger partial charge in [0.1, 0.15) is 19.8 Å². The molecule has 0 saturated heterocycles. The molecule has 0 amide bonds. The van der Waals surface area contributed by atoms with Crippen molar-refractivity contribution in [2.45, 2.75) is 173 Å². The first-order valence-corrected chi connectivity index (χ1v) is 23.6. The van der Waals surface area contributed by atoms with Crippen LogP contribution in [0.3, 0.4) is 0 Å². The van der Waals surface area contributed by atoms with Gasteiger partial charge in [0.25, 0.3) is 7.82 Å². The van der Waals surface area contributed by atoms with Crippen LogP contribution in [0.15, 0.2) is 60.8 Å². The summed E-state index contributed by atoms with van der Waals surface area (Å²) in [7, 11) is 1.03. The van der Waals surface area contributed by atoms with Gasteiger partial charge in [-0.1, -0.05) is 126 Å². The maximum absolute atomic E-state index is 12.7. The van der Waals surface area contributed by atoms with E-state index < -0.39 is 44.7 Å². The second-order valence-electron chi connectivity index (χ2n) is 16.0. The Labute approximate surface area is 352 Å². The first-order chi connectivity index (χ1) is 27.8. The molecular weight excluding hydrogens is 757 g/mol. The van der Waals surface area contributed by atoms with E-state index in [9.17, 15) is 29.3 Å². The number of likely N-dealkylation sites (N-methyl/N-ethyl adjacent to an activating group) is 1. The van der Waals surface area contributed by atoms with Crippen molar-refractivity contribution in [3.63, 3.8) is 0 Å². The van der Waals surface area contributed by atoms with E-state index in [4.69, 9.17) is 18.5 Å². The van der Waals surface area contributed by atoms with Gasteiger partial charge in [0.05, 0.1) is 40.0 Å². The molecule has 12 heteroatoms. The van der Waals surface area contributed by atoms with Crippen molar-refractivity contribution in [2.24, 2.45) is 0 Å². The Balaban J connectivity index is 4.58. The third-order valence-electron chi connectivity index (χ3n) is 9.21. The molecule has 0 aromatic rings. The molecule has 0 saturated carbocycles. The molecule has 336 valence electrons. The smallest absolute Gasteiger partial charge is 0.306 e. The largest absolute Gasteiger partial charge is 0.756 e. The summed E-state index contributed by atoms with van der Waals surface area (Å²) in [4.78, 5) is 37.5. The van der Waals surface area contributed by atoms with E-state index in [2.05, 4.69) is 62.5 Å². The number of esters is 2. The number of hydrogen-bond donors (Lipinski definition) is 2. The molecule has 0 heterocycles. The summed E-state index contributed by atoms with van der Waals surface area (Å²) in [6.45, 7) is 3.88. The predicted octanol–water partition coefficient (Wildman–Crippen LogP) is 9.77. The second kappa shape index (κ2) is 37.6. The minimum Gasteiger partial charge on any atom is -0.756 e. The van der Waals surface area contributed by atoms with Crippen LogP contribution >= 0.6 is 7.82 Å². The number of rotatable bonds is 39. The Kier molecular flexibility index (Phi) is 36.1. The molecule has 0 aliphatic carbocycles. The fourth-order valence-corrected chi connectivity index (χ4v) is 6.28. The highest BCUT2D eigenvalue weighted by Gasteiger charge is 2.22. The molecule has 0 bridgehead atoms. The Bertz CT molecular complexity index is 1210. The monoisotopic (exact) mass is 840 g/mol. The highest BCUT2D eigenvalue weighted by atomic mass is 31.2. The van der Waals surface area contributed by atoms with Crippen LogP contribution in [0, 0.1) is 0 Å². The van der Waals surface area contributed by atoms with Gasteiger partial charge in [-0.15, -0.1) is 0 Å². The van der Waals surface area contributed by atoms with Gasteiger partial charge in [-0.05, 0) is 77.0 Å². The van der Waals surface area contributed by atoms with Crippen molar-refractivity contribution in [3.05, 3.63) is 60.8 Å². The SMILES string of the molecule is CCCCC/C=C\C/C=C\C/C=C\C/C=C\CCCC(=O)OC[C@H](COP(=O)([O-])OCC[N+](C)(C)C)OC(=O)CCCCCCC[C@H](O)[C@@H](O)C/C=C\CCCCC. The van der Waals surface area contributed by atoms with Crippen LogP contribution in [-0.4, -0.2) is 92.5 Å². The maximum Gasteiger partial charge on any atom is 0.306 e. The lowest BCUT2D eigenvalue weighted by Gasteiger charge is -2.28. The van der Waals surface area contributed by atoms with Crippen LogP contribution in [-0.2, 0) is 32.7 Å². The van der Waals surface area contributed by atoms with E-state index in [1.165, 1.54) is 32.1 Å². The number of unbranched alkanes of at least 4 members (excludes halogenated alkanes) is 11. The molecule has 0 aliphatic rings. The van der Waals surface area contributed by atoms with Crippen molar-refractivity contribution < 1.29 is 52.3 Å². The van der Waals surface area contributed by atoms with Crippen molar-refractivity contribution in [2.75, 3.05) is 47.5 Å². The molecule has 4 atom stereocenters. The van der Waals surface area contributed by atoms with Gasteiger partial charge in [0, 0.05) is 12.8 Å². The Morgan fingerprint density at radius 1 is 0.621 bits per heavy atom. The molecule has 0 aliphatic heterocycles. The average molecular weight is 840 g/mol. The quantitative estimate of drug-likeness (QED) is 0.0201. The third kappa shape index (κ3) is 39.1. The third-order valence-corrected chi connectivity index (χ3v) is 10.2. The summed E-state index contributed by atoms with van der Waals surface area (Å²) in [6, 6.07) is 0. The lowest BCUT2D eigenvalue weighted by molar-refractivity contribution is -0.870. The van der Waals surface area contributed by atoms with Gasteiger partial charge in [-0.2, -0.15) is 0 Å². The number of nitrogens with zero attached hydrogens (tertiary/aromatic N) is 1. The van der Waals surface area contributed by atoms with Crippen LogP contribution in [0.2, 0.25) is 0 Å². The molecule has 0 radical (unpaired) electrons. The van der Waals surface area contributed by atoms with E-state index in [-0.39, 0.29) is 26.1 Å². The van der Waals surface area contributed by atoms with Gasteiger partial charge in [0.15, 0.2) is 6.10 Å². The standard InChI is InChI=1S/C46H82NO10P/c1-6-8-10-12-14-15-16-17-18-19-20-21-22-23-24-28-32-36-45(50)54-40-42(41-56-58(52,53)55-39-38-47(3,4)5)57-46(51)37-33-29-25-27-31-35-44(49)43(48)34-30-26-13-11-9-7-2/h14-15,17-18,20-21,23-24,26,30,42-44,48-49H,6-13,16,19,22,25,27-29,31-41H2,1-5H3/b15-14-,18-17-,21-20-,24-23-,30-26-/t42-,43+,44+/m1/s1. The molecule has 11 nitrogen and oxygen atoms in total. The number of ether oxygens (including phenoxy) is 2. The molecule has 2 N–H and O–H groups in total. The van der Waals surface area contributed by atoms with Gasteiger partial charge in [0.2, 0.25) is 0 Å². The molecule has 0 aromatic heterocycles. The van der Waals surface area contributed by atoms with E-state index in [1.54, 1.807) is 0 Å². The lowest BCUT2D eigenvalue weighted by Crippen LogP contribution is -2.37. The summed E-state index contributed by atoms with van der Waals surface area (Å²) >= 11 is 0. The molecule has 1 unspecified atom stereocenters. The predicted molar refractivity (Wildman–Crippen MR) is 234 cm³/mol. The second-order valence-corrected chi connectivity index (χ2v) is 17.4. The van der Waals surface area contributed by atoms with Crippen molar-refractivity contribution in [3.8, 4) is 0 Å². The maximum atomic E-state index is 12.7. The highest BCUT2D eigenvalue weighted by Crippen LogP contribution is 2.38. The number of carbonyl (C=O) groups excluding carboxylic acids is 2. The molecule has 0 fully saturated rings. The van der Waals surface area contributed by atoms with E-state index in [0.29, 0.717) is 43.1 Å². The number of carbonyl (C=O) groups is 2. The van der Waals surface area contributed by atoms with Crippen LogP contribution < -0.4 is 4.89 Å². The molecule has 0 rings (SSSR count). The van der Waals surface area contributed by atoms with E-state index in [1.807, 2.05) is 33.3 Å². The number of quaternary nitrogens is 1. The number of allylic oxidation sites excluding steroid dienone is 9. The number of hydrogen-bond acceptors (Lipinski definition) is 10. The lowest BCUT2D eigenvalue weighted by atomic mass is 10.0. The fourth-order valence-electron chi connectivity index (χ4n) is 5.55. The van der Waals surface area contributed by atoms with Crippen molar-refractivity contribution in [1.29, 1.82) is 0 Å². The summed E-state index contributed by atoms with van der Waals surface area (Å²) in [5.74, 6) is -1.02. The van der Waals surface area contributed by atoms with Crippen molar-refractivity contribution >= 4 is 19.8 Å². The normalized spacial score (nSPS) is 15.2. The minimum atomic E-state index is -4.68. The number of aliphatic hydroxyl groups is 2.